The fourth-order valence-corrected chi connectivity index (χ4v) is 3.59. The van der Waals surface area contributed by atoms with E-state index in [2.05, 4.69) is 4.98 Å². The molecule has 3 rings (SSSR count). The van der Waals surface area contributed by atoms with Crippen molar-refractivity contribution in [1.82, 2.24) is 9.55 Å². The van der Waals surface area contributed by atoms with Gasteiger partial charge in [-0.3, -0.25) is 0 Å². The molecule has 0 saturated carbocycles. The SMILES string of the molecule is COC1CCCn2c(-c3cccnc3Cl)c(Cl)c(C(=O)O)c21. The number of aromatic nitrogens is 2. The van der Waals surface area contributed by atoms with Crippen molar-refractivity contribution in [3.63, 3.8) is 0 Å². The summed E-state index contributed by atoms with van der Waals surface area (Å²) >= 11 is 12.6. The minimum atomic E-state index is -1.07. The van der Waals surface area contributed by atoms with E-state index in [1.165, 1.54) is 0 Å². The number of ether oxygens (including phenoxy) is 1. The van der Waals surface area contributed by atoms with Crippen LogP contribution < -0.4 is 0 Å². The smallest absolute Gasteiger partial charge is 0.339 e. The summed E-state index contributed by atoms with van der Waals surface area (Å²) in [5.41, 5.74) is 1.90. The first kappa shape index (κ1) is 15.3. The first-order valence-corrected chi connectivity index (χ1v) is 7.60. The Morgan fingerprint density at radius 1 is 1.50 bits per heavy atom. The Hall–Kier alpha value is -1.56. The fourth-order valence-electron chi connectivity index (χ4n) is 3.00. The van der Waals surface area contributed by atoms with Crippen molar-refractivity contribution < 1.29 is 14.6 Å². The molecule has 1 aliphatic rings. The average Bonchev–Trinajstić information content (AvgIpc) is 2.80. The van der Waals surface area contributed by atoms with E-state index < -0.39 is 5.97 Å². The number of fused-ring (bicyclic) bond motifs is 1. The van der Waals surface area contributed by atoms with Crippen molar-refractivity contribution in [1.29, 1.82) is 0 Å². The summed E-state index contributed by atoms with van der Waals surface area (Å²) in [6, 6.07) is 3.53. The fraction of sp³-hybridized carbons (Fsp3) is 0.333. The van der Waals surface area contributed by atoms with Crippen LogP contribution in [0.5, 0.6) is 0 Å². The van der Waals surface area contributed by atoms with Crippen molar-refractivity contribution in [3.05, 3.63) is 39.8 Å². The summed E-state index contributed by atoms with van der Waals surface area (Å²) in [5.74, 6) is -1.07. The lowest BCUT2D eigenvalue weighted by Crippen LogP contribution is -2.19. The Morgan fingerprint density at radius 2 is 2.27 bits per heavy atom. The van der Waals surface area contributed by atoms with E-state index in [-0.39, 0.29) is 16.7 Å². The molecule has 0 aliphatic carbocycles. The van der Waals surface area contributed by atoms with Crippen LogP contribution in [-0.4, -0.2) is 27.7 Å². The van der Waals surface area contributed by atoms with Gasteiger partial charge < -0.3 is 14.4 Å². The molecule has 22 heavy (non-hydrogen) atoms. The molecule has 0 aromatic carbocycles. The second-order valence-electron chi connectivity index (χ2n) is 5.09. The predicted molar refractivity (Wildman–Crippen MR) is 83.6 cm³/mol. The maximum atomic E-state index is 11.7. The van der Waals surface area contributed by atoms with Crippen LogP contribution >= 0.6 is 23.2 Å². The molecule has 0 amide bonds. The molecule has 1 unspecified atom stereocenters. The van der Waals surface area contributed by atoms with Crippen LogP contribution in [0.1, 0.15) is 35.0 Å². The van der Waals surface area contributed by atoms with E-state index in [9.17, 15) is 9.90 Å². The van der Waals surface area contributed by atoms with Gasteiger partial charge in [-0.15, -0.1) is 0 Å². The molecule has 1 aliphatic heterocycles. The van der Waals surface area contributed by atoms with Crippen molar-refractivity contribution >= 4 is 29.2 Å². The number of carboxylic acids is 1. The largest absolute Gasteiger partial charge is 0.478 e. The lowest BCUT2D eigenvalue weighted by molar-refractivity contribution is 0.0634. The topological polar surface area (TPSA) is 64.4 Å². The van der Waals surface area contributed by atoms with Crippen LogP contribution in [0.3, 0.4) is 0 Å². The van der Waals surface area contributed by atoms with Crippen LogP contribution in [0.15, 0.2) is 18.3 Å². The summed E-state index contributed by atoms with van der Waals surface area (Å²) in [6.45, 7) is 0.669. The number of aromatic carboxylic acids is 1. The Balaban J connectivity index is 2.33. The molecule has 0 bridgehead atoms. The third-order valence-corrected chi connectivity index (χ3v) is 4.58. The van der Waals surface area contributed by atoms with E-state index in [4.69, 9.17) is 27.9 Å². The molecule has 5 nitrogen and oxygen atoms in total. The molecule has 0 saturated heterocycles. The molecule has 1 N–H and O–H groups in total. The Kier molecular flexibility index (Phi) is 4.12. The van der Waals surface area contributed by atoms with Gasteiger partial charge in [-0.1, -0.05) is 23.2 Å². The molecule has 116 valence electrons. The number of carboxylic acid groups (broad SMARTS) is 1. The lowest BCUT2D eigenvalue weighted by atomic mass is 10.0. The zero-order valence-corrected chi connectivity index (χ0v) is 13.4. The molecule has 0 spiro atoms. The zero-order chi connectivity index (χ0) is 15.9. The minimum absolute atomic E-state index is 0.0862. The molecular weight excluding hydrogens is 327 g/mol. The number of nitrogens with zero attached hydrogens (tertiary/aromatic N) is 2. The number of hydrogen-bond acceptors (Lipinski definition) is 3. The van der Waals surface area contributed by atoms with E-state index >= 15 is 0 Å². The molecule has 3 heterocycles. The van der Waals surface area contributed by atoms with Crippen LogP contribution in [0, 0.1) is 0 Å². The minimum Gasteiger partial charge on any atom is -0.478 e. The highest BCUT2D eigenvalue weighted by molar-refractivity contribution is 6.38. The van der Waals surface area contributed by atoms with Gasteiger partial charge in [-0.25, -0.2) is 9.78 Å². The molecule has 0 fully saturated rings. The van der Waals surface area contributed by atoms with Gasteiger partial charge in [0.15, 0.2) is 0 Å². The van der Waals surface area contributed by atoms with Crippen LogP contribution in [0.25, 0.3) is 11.3 Å². The van der Waals surface area contributed by atoms with Gasteiger partial charge in [-0.05, 0) is 25.0 Å². The maximum absolute atomic E-state index is 11.7. The molecule has 2 aromatic rings. The number of rotatable bonds is 3. The first-order valence-electron chi connectivity index (χ1n) is 6.85. The predicted octanol–water partition coefficient (Wildman–Crippen LogP) is 4.04. The summed E-state index contributed by atoms with van der Waals surface area (Å²) in [6.07, 6.45) is 2.93. The zero-order valence-electron chi connectivity index (χ0n) is 11.8. The second kappa shape index (κ2) is 5.91. The summed E-state index contributed by atoms with van der Waals surface area (Å²) < 4.78 is 7.35. The van der Waals surface area contributed by atoms with E-state index in [0.717, 1.165) is 12.8 Å². The number of methoxy groups -OCH3 is 1. The van der Waals surface area contributed by atoms with Crippen molar-refractivity contribution in [3.8, 4) is 11.3 Å². The molecular formula is C15H14Cl2N2O3. The third-order valence-electron chi connectivity index (χ3n) is 3.91. The number of carbonyl (C=O) groups is 1. The van der Waals surface area contributed by atoms with Gasteiger partial charge in [0, 0.05) is 25.4 Å². The second-order valence-corrected chi connectivity index (χ2v) is 5.82. The molecule has 2 aromatic heterocycles. The molecule has 7 heteroatoms. The summed E-state index contributed by atoms with van der Waals surface area (Å²) in [7, 11) is 1.57. The average molecular weight is 341 g/mol. The highest BCUT2D eigenvalue weighted by Crippen LogP contribution is 2.44. The van der Waals surface area contributed by atoms with Gasteiger partial charge in [-0.2, -0.15) is 0 Å². The number of halogens is 2. The monoisotopic (exact) mass is 340 g/mol. The highest BCUT2D eigenvalue weighted by Gasteiger charge is 2.34. The molecule has 1 atom stereocenters. The van der Waals surface area contributed by atoms with Crippen molar-refractivity contribution in [2.75, 3.05) is 7.11 Å². The standard InChI is InChI=1S/C15H14Cl2N2O3/c1-22-9-5-3-7-19-12(8-4-2-6-18-14(8)17)11(16)10(13(9)19)15(20)21/h2,4,6,9H,3,5,7H2,1H3,(H,20,21). The normalized spacial score (nSPS) is 17.3. The number of hydrogen-bond donors (Lipinski definition) is 1. The van der Waals surface area contributed by atoms with E-state index in [1.54, 1.807) is 25.4 Å². The maximum Gasteiger partial charge on any atom is 0.339 e. The molecule has 0 radical (unpaired) electrons. The third kappa shape index (κ3) is 2.29. The highest BCUT2D eigenvalue weighted by atomic mass is 35.5. The first-order chi connectivity index (χ1) is 10.6. The lowest BCUT2D eigenvalue weighted by Gasteiger charge is -2.25. The van der Waals surface area contributed by atoms with E-state index in [0.29, 0.717) is 28.6 Å². The van der Waals surface area contributed by atoms with Gasteiger partial charge in [0.25, 0.3) is 0 Å². The Labute approximate surface area is 137 Å². The summed E-state index contributed by atoms with van der Waals surface area (Å²) in [4.78, 5) is 15.7. The van der Waals surface area contributed by atoms with Crippen molar-refractivity contribution in [2.45, 2.75) is 25.5 Å². The van der Waals surface area contributed by atoms with Gasteiger partial charge in [0.1, 0.15) is 10.7 Å². The summed E-state index contributed by atoms with van der Waals surface area (Å²) in [5, 5.41) is 10.0. The van der Waals surface area contributed by atoms with Crippen LogP contribution in [0.4, 0.5) is 0 Å². The van der Waals surface area contributed by atoms with Crippen molar-refractivity contribution in [2.24, 2.45) is 0 Å². The van der Waals surface area contributed by atoms with Gasteiger partial charge in [0.2, 0.25) is 0 Å². The Bertz CT molecular complexity index is 743. The number of pyridine rings is 1. The van der Waals surface area contributed by atoms with Crippen LogP contribution in [-0.2, 0) is 11.3 Å². The van der Waals surface area contributed by atoms with Gasteiger partial charge in [0.05, 0.1) is 22.5 Å². The quantitative estimate of drug-likeness (QED) is 0.856. The van der Waals surface area contributed by atoms with Crippen LogP contribution in [0.2, 0.25) is 10.2 Å². The van der Waals surface area contributed by atoms with Gasteiger partial charge >= 0.3 is 5.97 Å². The van der Waals surface area contributed by atoms with E-state index in [1.807, 2.05) is 4.57 Å². The Morgan fingerprint density at radius 3 is 2.91 bits per heavy atom.